The summed E-state index contributed by atoms with van der Waals surface area (Å²) in [6.07, 6.45) is 0. The summed E-state index contributed by atoms with van der Waals surface area (Å²) < 4.78 is 19.6. The lowest BCUT2D eigenvalue weighted by Gasteiger charge is -2.23. The molecule has 0 radical (unpaired) electrons. The summed E-state index contributed by atoms with van der Waals surface area (Å²) in [4.78, 5) is 32.3. The summed E-state index contributed by atoms with van der Waals surface area (Å²) in [6.45, 7) is 1.91. The highest BCUT2D eigenvalue weighted by atomic mass is 32.1. The van der Waals surface area contributed by atoms with Crippen LogP contribution in [-0.4, -0.2) is 28.9 Å². The van der Waals surface area contributed by atoms with Gasteiger partial charge >= 0.3 is 5.91 Å². The molecule has 34 heavy (non-hydrogen) atoms. The highest BCUT2D eigenvalue weighted by Crippen LogP contribution is 2.44. The second kappa shape index (κ2) is 8.39. The number of ketones is 1. The van der Waals surface area contributed by atoms with Gasteiger partial charge in [0, 0.05) is 5.56 Å². The normalized spacial score (nSPS) is 17.5. The number of hydrogen-bond donors (Lipinski definition) is 1. The smallest absolute Gasteiger partial charge is 0.301 e. The highest BCUT2D eigenvalue weighted by Gasteiger charge is 2.48. The van der Waals surface area contributed by atoms with Crippen LogP contribution in [-0.2, 0) is 9.59 Å². The van der Waals surface area contributed by atoms with Gasteiger partial charge in [0.1, 0.15) is 17.3 Å². The maximum atomic E-state index is 13.8. The molecule has 8 heteroatoms. The highest BCUT2D eigenvalue weighted by molar-refractivity contribution is 7.22. The molecule has 1 amide bonds. The van der Waals surface area contributed by atoms with Gasteiger partial charge in [0.2, 0.25) is 0 Å². The Bertz CT molecular complexity index is 1480. The van der Waals surface area contributed by atoms with Crippen LogP contribution in [0.4, 0.5) is 9.52 Å². The first-order chi connectivity index (χ1) is 16.4. The van der Waals surface area contributed by atoms with Gasteiger partial charge < -0.3 is 9.84 Å². The van der Waals surface area contributed by atoms with Crippen LogP contribution >= 0.6 is 11.3 Å². The Labute approximate surface area is 198 Å². The Morgan fingerprint density at radius 2 is 1.85 bits per heavy atom. The molecular formula is C26H19FN2O4S. The van der Waals surface area contributed by atoms with Gasteiger partial charge in [-0.2, -0.15) is 0 Å². The van der Waals surface area contributed by atoms with Gasteiger partial charge in [-0.25, -0.2) is 9.37 Å². The van der Waals surface area contributed by atoms with Gasteiger partial charge in [-0.3, -0.25) is 14.5 Å². The van der Waals surface area contributed by atoms with Crippen LogP contribution in [0, 0.1) is 12.7 Å². The summed E-state index contributed by atoms with van der Waals surface area (Å²) >= 11 is 1.10. The molecule has 1 aliphatic heterocycles. The van der Waals surface area contributed by atoms with Crippen molar-refractivity contribution in [3.8, 4) is 5.75 Å². The van der Waals surface area contributed by atoms with Gasteiger partial charge in [0.25, 0.3) is 5.78 Å². The molecule has 0 saturated carbocycles. The number of amides is 1. The number of carbonyl (C=O) groups is 2. The number of anilines is 1. The van der Waals surface area contributed by atoms with E-state index in [-0.39, 0.29) is 16.5 Å². The zero-order valence-corrected chi connectivity index (χ0v) is 19.1. The van der Waals surface area contributed by atoms with E-state index < -0.39 is 23.5 Å². The number of aliphatic hydroxyl groups excluding tert-OH is 1. The maximum Gasteiger partial charge on any atom is 0.301 e. The van der Waals surface area contributed by atoms with Gasteiger partial charge in [-0.1, -0.05) is 53.3 Å². The number of fused-ring (bicyclic) bond motifs is 1. The topological polar surface area (TPSA) is 79.7 Å². The van der Waals surface area contributed by atoms with Gasteiger partial charge in [-0.05, 0) is 42.8 Å². The van der Waals surface area contributed by atoms with Crippen LogP contribution in [0.3, 0.4) is 0 Å². The predicted octanol–water partition coefficient (Wildman–Crippen LogP) is 5.38. The first kappa shape index (κ1) is 21.8. The predicted molar refractivity (Wildman–Crippen MR) is 129 cm³/mol. The van der Waals surface area contributed by atoms with Crippen molar-refractivity contribution in [2.45, 2.75) is 13.0 Å². The number of nitrogens with zero attached hydrogens (tertiary/aromatic N) is 2. The molecule has 0 aliphatic carbocycles. The molecule has 0 spiro atoms. The summed E-state index contributed by atoms with van der Waals surface area (Å²) in [7, 11) is 1.52. The Kier molecular flexibility index (Phi) is 5.37. The number of aryl methyl sites for hydroxylation is 1. The number of hydrogen-bond acceptors (Lipinski definition) is 6. The molecule has 170 valence electrons. The molecule has 0 unspecified atom stereocenters. The average molecular weight is 475 g/mol. The zero-order chi connectivity index (χ0) is 24.0. The molecule has 1 atom stereocenters. The summed E-state index contributed by atoms with van der Waals surface area (Å²) in [5.74, 6) is -1.81. The third kappa shape index (κ3) is 3.62. The lowest BCUT2D eigenvalue weighted by Crippen LogP contribution is -2.29. The van der Waals surface area contributed by atoms with Crippen molar-refractivity contribution in [1.29, 1.82) is 0 Å². The molecular weight excluding hydrogens is 455 g/mol. The van der Waals surface area contributed by atoms with Crippen LogP contribution < -0.4 is 9.64 Å². The Morgan fingerprint density at radius 1 is 1.09 bits per heavy atom. The number of benzene rings is 3. The van der Waals surface area contributed by atoms with Crippen LogP contribution in [0.2, 0.25) is 0 Å². The van der Waals surface area contributed by atoms with E-state index in [9.17, 15) is 19.1 Å². The Morgan fingerprint density at radius 3 is 2.59 bits per heavy atom. The fraction of sp³-hybridized carbons (Fsp3) is 0.115. The Balaban J connectivity index is 1.74. The number of ether oxygens (including phenoxy) is 1. The standard InChI is InChI=1S/C26H19FN2O4S/c1-14-6-8-15(9-7-14)23(30)21-22(16-4-3-5-18(12-16)33-2)29(25(32)24(21)31)26-28-19-11-10-17(27)13-20(19)34-26/h3-13,22,30H,1-2H3/t22-/m0/s1. The number of aromatic nitrogens is 1. The number of carbonyl (C=O) groups excluding carboxylic acids is 2. The van der Waals surface area contributed by atoms with E-state index in [1.165, 1.54) is 30.2 Å². The number of thiazole rings is 1. The number of rotatable bonds is 4. The van der Waals surface area contributed by atoms with Crippen molar-refractivity contribution in [2.75, 3.05) is 12.0 Å². The molecule has 0 bridgehead atoms. The van der Waals surface area contributed by atoms with Gasteiger partial charge in [0.05, 0.1) is 28.9 Å². The van der Waals surface area contributed by atoms with E-state index in [2.05, 4.69) is 4.98 Å². The molecule has 6 nitrogen and oxygen atoms in total. The fourth-order valence-corrected chi connectivity index (χ4v) is 5.03. The second-order valence-corrected chi connectivity index (χ2v) is 8.93. The van der Waals surface area contributed by atoms with Crippen LogP contribution in [0.15, 0.2) is 72.3 Å². The summed E-state index contributed by atoms with van der Waals surface area (Å²) in [5.41, 5.74) is 2.43. The second-order valence-electron chi connectivity index (χ2n) is 7.92. The van der Waals surface area contributed by atoms with E-state index in [0.29, 0.717) is 27.1 Å². The van der Waals surface area contributed by atoms with Gasteiger partial charge in [0.15, 0.2) is 5.13 Å². The molecule has 1 aliphatic rings. The van der Waals surface area contributed by atoms with Crippen LogP contribution in [0.5, 0.6) is 5.75 Å². The molecule has 1 saturated heterocycles. The summed E-state index contributed by atoms with van der Waals surface area (Å²) in [5, 5.41) is 11.4. The van der Waals surface area contributed by atoms with Crippen molar-refractivity contribution >= 4 is 44.1 Å². The van der Waals surface area contributed by atoms with E-state index >= 15 is 0 Å². The van der Waals surface area contributed by atoms with Crippen molar-refractivity contribution in [3.05, 3.63) is 94.8 Å². The minimum absolute atomic E-state index is 0.0486. The molecule has 5 rings (SSSR count). The Hall–Kier alpha value is -4.04. The monoisotopic (exact) mass is 474 g/mol. The lowest BCUT2D eigenvalue weighted by atomic mass is 9.95. The first-order valence-electron chi connectivity index (χ1n) is 10.5. The molecule has 1 fully saturated rings. The number of methoxy groups -OCH3 is 1. The van der Waals surface area contributed by atoms with Gasteiger partial charge in [-0.15, -0.1) is 0 Å². The van der Waals surface area contributed by atoms with E-state index in [4.69, 9.17) is 4.74 Å². The van der Waals surface area contributed by atoms with E-state index in [0.717, 1.165) is 16.9 Å². The number of Topliss-reactive ketones (excluding diaryl/α,β-unsaturated/α-hetero) is 1. The third-order valence-corrected chi connectivity index (χ3v) is 6.74. The van der Waals surface area contributed by atoms with Crippen molar-refractivity contribution in [3.63, 3.8) is 0 Å². The quantitative estimate of drug-likeness (QED) is 0.244. The molecule has 3 aromatic carbocycles. The molecule has 1 aromatic heterocycles. The molecule has 1 N–H and O–H groups in total. The minimum atomic E-state index is -0.943. The maximum absolute atomic E-state index is 13.8. The minimum Gasteiger partial charge on any atom is -0.507 e. The SMILES string of the molecule is COc1cccc([C@H]2C(=C(O)c3ccc(C)cc3)C(=O)C(=O)N2c2nc3ccc(F)cc3s2)c1. The number of halogens is 1. The zero-order valence-electron chi connectivity index (χ0n) is 18.3. The first-order valence-corrected chi connectivity index (χ1v) is 11.3. The van der Waals surface area contributed by atoms with Crippen molar-refractivity contribution in [2.24, 2.45) is 0 Å². The number of aliphatic hydroxyl groups is 1. The largest absolute Gasteiger partial charge is 0.507 e. The van der Waals surface area contributed by atoms with Crippen LogP contribution in [0.25, 0.3) is 16.0 Å². The van der Waals surface area contributed by atoms with Crippen molar-refractivity contribution < 1.29 is 23.8 Å². The summed E-state index contributed by atoms with van der Waals surface area (Å²) in [6, 6.07) is 17.2. The molecule has 2 heterocycles. The fourth-order valence-electron chi connectivity index (χ4n) is 4.01. The molecule has 4 aromatic rings. The average Bonchev–Trinajstić information content (AvgIpc) is 3.37. The van der Waals surface area contributed by atoms with Crippen molar-refractivity contribution in [1.82, 2.24) is 4.98 Å². The van der Waals surface area contributed by atoms with E-state index in [1.54, 1.807) is 36.4 Å². The third-order valence-electron chi connectivity index (χ3n) is 5.72. The lowest BCUT2D eigenvalue weighted by molar-refractivity contribution is -0.132. The van der Waals surface area contributed by atoms with E-state index in [1.807, 2.05) is 19.1 Å². The van der Waals surface area contributed by atoms with Crippen LogP contribution in [0.1, 0.15) is 22.7 Å².